The average molecular weight is 296 g/mol. The van der Waals surface area contributed by atoms with Crippen molar-refractivity contribution in [1.82, 2.24) is 15.0 Å². The molecule has 0 saturated heterocycles. The Balaban J connectivity index is 2.28. The van der Waals surface area contributed by atoms with Crippen LogP contribution < -0.4 is 0 Å². The van der Waals surface area contributed by atoms with Gasteiger partial charge in [-0.15, -0.1) is 11.3 Å². The SMILES string of the molecule is N#Cc1c(-c2ccccc2)nc(-c2nccs2)[nH]c1=S. The summed E-state index contributed by atoms with van der Waals surface area (Å²) in [4.78, 5) is 11.7. The molecule has 2 heterocycles. The van der Waals surface area contributed by atoms with E-state index in [0.29, 0.717) is 21.7 Å². The van der Waals surface area contributed by atoms with Gasteiger partial charge in [0.15, 0.2) is 10.8 Å². The van der Waals surface area contributed by atoms with Crippen LogP contribution in [0.2, 0.25) is 0 Å². The first-order valence-electron chi connectivity index (χ1n) is 5.79. The van der Waals surface area contributed by atoms with Crippen molar-refractivity contribution in [3.63, 3.8) is 0 Å². The second kappa shape index (κ2) is 5.33. The van der Waals surface area contributed by atoms with Gasteiger partial charge in [0.05, 0.1) is 5.69 Å². The van der Waals surface area contributed by atoms with E-state index in [1.807, 2.05) is 35.7 Å². The van der Waals surface area contributed by atoms with Crippen LogP contribution in [0.4, 0.5) is 0 Å². The number of benzene rings is 1. The first-order valence-corrected chi connectivity index (χ1v) is 7.08. The molecule has 0 atom stereocenters. The van der Waals surface area contributed by atoms with Crippen molar-refractivity contribution >= 4 is 23.6 Å². The zero-order valence-corrected chi connectivity index (χ0v) is 11.8. The molecule has 1 aromatic carbocycles. The van der Waals surface area contributed by atoms with E-state index in [-0.39, 0.29) is 0 Å². The van der Waals surface area contributed by atoms with Gasteiger partial charge in [0.2, 0.25) is 0 Å². The van der Waals surface area contributed by atoms with E-state index < -0.39 is 0 Å². The number of H-pyrrole nitrogens is 1. The Kier molecular flexibility index (Phi) is 3.37. The molecule has 0 unspecified atom stereocenters. The lowest BCUT2D eigenvalue weighted by atomic mass is 10.1. The number of aromatic nitrogens is 3. The summed E-state index contributed by atoms with van der Waals surface area (Å²) >= 11 is 6.73. The smallest absolute Gasteiger partial charge is 0.168 e. The molecule has 0 radical (unpaired) electrons. The van der Waals surface area contributed by atoms with Crippen LogP contribution in [-0.4, -0.2) is 15.0 Å². The van der Waals surface area contributed by atoms with E-state index in [2.05, 4.69) is 21.0 Å². The summed E-state index contributed by atoms with van der Waals surface area (Å²) in [6, 6.07) is 11.7. The number of nitrogens with zero attached hydrogens (tertiary/aromatic N) is 3. The minimum atomic E-state index is 0.381. The summed E-state index contributed by atoms with van der Waals surface area (Å²) in [5, 5.41) is 11.9. The number of hydrogen-bond acceptors (Lipinski definition) is 5. The standard InChI is InChI=1S/C14H8N4S2/c15-8-10-11(9-4-2-1-3-5-9)17-12(18-13(10)19)14-16-6-7-20-14/h1-7H,(H,17,18,19). The lowest BCUT2D eigenvalue weighted by molar-refractivity contribution is 1.14. The fourth-order valence-electron chi connectivity index (χ4n) is 1.82. The number of nitrogens with one attached hydrogen (secondary N) is 1. The zero-order chi connectivity index (χ0) is 13.9. The van der Waals surface area contributed by atoms with E-state index in [0.717, 1.165) is 10.6 Å². The van der Waals surface area contributed by atoms with Gasteiger partial charge in [-0.25, -0.2) is 9.97 Å². The highest BCUT2D eigenvalue weighted by atomic mass is 32.1. The molecule has 3 aromatic rings. The predicted molar refractivity (Wildman–Crippen MR) is 80.7 cm³/mol. The van der Waals surface area contributed by atoms with Gasteiger partial charge in [0.1, 0.15) is 16.3 Å². The molecule has 1 N–H and O–H groups in total. The number of hydrogen-bond donors (Lipinski definition) is 1. The van der Waals surface area contributed by atoms with E-state index in [1.165, 1.54) is 11.3 Å². The predicted octanol–water partition coefficient (Wildman–Crippen LogP) is 3.80. The fraction of sp³-hybridized carbons (Fsp3) is 0. The van der Waals surface area contributed by atoms with E-state index in [4.69, 9.17) is 12.2 Å². The molecule has 20 heavy (non-hydrogen) atoms. The van der Waals surface area contributed by atoms with Gasteiger partial charge < -0.3 is 4.98 Å². The highest BCUT2D eigenvalue weighted by molar-refractivity contribution is 7.71. The molecule has 0 aliphatic rings. The second-order valence-electron chi connectivity index (χ2n) is 3.95. The lowest BCUT2D eigenvalue weighted by Crippen LogP contribution is -1.97. The Morgan fingerprint density at radius 2 is 2.05 bits per heavy atom. The fourth-order valence-corrected chi connectivity index (χ4v) is 2.64. The Hall–Kier alpha value is -2.36. The Morgan fingerprint density at radius 3 is 2.70 bits per heavy atom. The Morgan fingerprint density at radius 1 is 1.25 bits per heavy atom. The molecule has 6 heteroatoms. The molecule has 0 amide bonds. The van der Waals surface area contributed by atoms with E-state index in [9.17, 15) is 5.26 Å². The number of aromatic amines is 1. The monoisotopic (exact) mass is 296 g/mol. The Labute approximate surface area is 124 Å². The van der Waals surface area contributed by atoms with Crippen molar-refractivity contribution in [2.75, 3.05) is 0 Å². The van der Waals surface area contributed by atoms with Crippen LogP contribution in [0.5, 0.6) is 0 Å². The topological polar surface area (TPSA) is 65.4 Å². The van der Waals surface area contributed by atoms with Crippen LogP contribution in [0, 0.1) is 16.0 Å². The summed E-state index contributed by atoms with van der Waals surface area (Å²) in [6.45, 7) is 0. The van der Waals surface area contributed by atoms with Crippen molar-refractivity contribution < 1.29 is 0 Å². The van der Waals surface area contributed by atoms with Gasteiger partial charge in [-0.1, -0.05) is 42.5 Å². The summed E-state index contributed by atoms with van der Waals surface area (Å²) in [5.41, 5.74) is 1.83. The van der Waals surface area contributed by atoms with Gasteiger partial charge in [-0.2, -0.15) is 5.26 Å². The average Bonchev–Trinajstić information content (AvgIpc) is 3.01. The maximum absolute atomic E-state index is 9.29. The minimum absolute atomic E-state index is 0.381. The van der Waals surface area contributed by atoms with Crippen molar-refractivity contribution in [1.29, 1.82) is 5.26 Å². The molecule has 0 aliphatic carbocycles. The van der Waals surface area contributed by atoms with Gasteiger partial charge in [0, 0.05) is 17.1 Å². The molecule has 3 rings (SSSR count). The van der Waals surface area contributed by atoms with Crippen molar-refractivity contribution in [2.45, 2.75) is 0 Å². The van der Waals surface area contributed by atoms with Crippen LogP contribution in [0.25, 0.3) is 22.1 Å². The molecule has 4 nitrogen and oxygen atoms in total. The normalized spacial score (nSPS) is 10.2. The number of rotatable bonds is 2. The number of thiazole rings is 1. The summed E-state index contributed by atoms with van der Waals surface area (Å²) in [6.07, 6.45) is 1.71. The quantitative estimate of drug-likeness (QED) is 0.730. The molecular formula is C14H8N4S2. The zero-order valence-electron chi connectivity index (χ0n) is 10.2. The highest BCUT2D eigenvalue weighted by Crippen LogP contribution is 2.25. The molecular weight excluding hydrogens is 288 g/mol. The first kappa shape index (κ1) is 12.7. The van der Waals surface area contributed by atoms with Crippen molar-refractivity contribution in [2.24, 2.45) is 0 Å². The van der Waals surface area contributed by atoms with Gasteiger partial charge >= 0.3 is 0 Å². The molecule has 0 fully saturated rings. The molecule has 0 bridgehead atoms. The number of nitriles is 1. The van der Waals surface area contributed by atoms with Crippen LogP contribution in [-0.2, 0) is 0 Å². The van der Waals surface area contributed by atoms with Gasteiger partial charge in [-0.05, 0) is 0 Å². The Bertz CT molecular complexity index is 830. The van der Waals surface area contributed by atoms with Crippen molar-refractivity contribution in [3.8, 4) is 28.2 Å². The summed E-state index contributed by atoms with van der Waals surface area (Å²) in [7, 11) is 0. The molecule has 0 aliphatic heterocycles. The largest absolute Gasteiger partial charge is 0.328 e. The minimum Gasteiger partial charge on any atom is -0.328 e. The van der Waals surface area contributed by atoms with Crippen molar-refractivity contribution in [3.05, 3.63) is 52.1 Å². The van der Waals surface area contributed by atoms with E-state index in [1.54, 1.807) is 6.20 Å². The third-order valence-corrected chi connectivity index (χ3v) is 3.80. The van der Waals surface area contributed by atoms with E-state index >= 15 is 0 Å². The molecule has 0 spiro atoms. The maximum atomic E-state index is 9.29. The molecule has 0 saturated carbocycles. The van der Waals surface area contributed by atoms with Crippen LogP contribution in [0.1, 0.15) is 5.56 Å². The van der Waals surface area contributed by atoms with Gasteiger partial charge in [-0.3, -0.25) is 0 Å². The first-order chi connectivity index (χ1) is 9.79. The second-order valence-corrected chi connectivity index (χ2v) is 5.26. The lowest BCUT2D eigenvalue weighted by Gasteiger charge is -2.06. The molecule has 2 aromatic heterocycles. The maximum Gasteiger partial charge on any atom is 0.168 e. The van der Waals surface area contributed by atoms with Crippen LogP contribution >= 0.6 is 23.6 Å². The van der Waals surface area contributed by atoms with Crippen LogP contribution in [0.3, 0.4) is 0 Å². The molecule has 96 valence electrons. The third kappa shape index (κ3) is 2.25. The van der Waals surface area contributed by atoms with Gasteiger partial charge in [0.25, 0.3) is 0 Å². The highest BCUT2D eigenvalue weighted by Gasteiger charge is 2.13. The third-order valence-electron chi connectivity index (χ3n) is 2.71. The summed E-state index contributed by atoms with van der Waals surface area (Å²) < 4.78 is 0.381. The summed E-state index contributed by atoms with van der Waals surface area (Å²) in [5.74, 6) is 0.586. The van der Waals surface area contributed by atoms with Crippen LogP contribution in [0.15, 0.2) is 41.9 Å².